The van der Waals surface area contributed by atoms with E-state index in [4.69, 9.17) is 36.2 Å². The summed E-state index contributed by atoms with van der Waals surface area (Å²) in [6.07, 6.45) is 2.29. The molecule has 5 nitrogen and oxygen atoms in total. The minimum Gasteiger partial charge on any atom is -0.741 e. The van der Waals surface area contributed by atoms with Crippen LogP contribution in [0.2, 0.25) is 0 Å². The number of alkyl halides is 5. The molecule has 3 rings (SSSR count). The van der Waals surface area contributed by atoms with Gasteiger partial charge in [0.2, 0.25) is 6.34 Å². The fourth-order valence-corrected chi connectivity index (χ4v) is 4.52. The van der Waals surface area contributed by atoms with Crippen molar-refractivity contribution in [1.29, 1.82) is 0 Å². The van der Waals surface area contributed by atoms with Gasteiger partial charge >= 0.3 is 5.51 Å². The molecule has 0 bridgehead atoms. The topological polar surface area (TPSA) is 63.5 Å². The Balaban J connectivity index is 0.000000651. The number of benzene rings is 2. The third kappa shape index (κ3) is 9.73. The van der Waals surface area contributed by atoms with Gasteiger partial charge in [-0.2, -0.15) is 18.1 Å². The van der Waals surface area contributed by atoms with Gasteiger partial charge in [0.25, 0.3) is 0 Å². The van der Waals surface area contributed by atoms with Gasteiger partial charge in [-0.25, -0.2) is 13.0 Å². The van der Waals surface area contributed by atoms with Crippen molar-refractivity contribution in [2.75, 3.05) is 16.8 Å². The van der Waals surface area contributed by atoms with Crippen molar-refractivity contribution < 1.29 is 30.7 Å². The molecule has 0 fully saturated rings. The summed E-state index contributed by atoms with van der Waals surface area (Å²) in [4.78, 5) is 2.35. The molecule has 0 saturated heterocycles. The van der Waals surface area contributed by atoms with Crippen LogP contribution in [0.4, 0.5) is 24.5 Å². The molecule has 0 aromatic heterocycles. The maximum absolute atomic E-state index is 10.7. The number of halogens is 5. The first-order chi connectivity index (χ1) is 18.8. The van der Waals surface area contributed by atoms with Crippen molar-refractivity contribution in [2.24, 2.45) is 0 Å². The summed E-state index contributed by atoms with van der Waals surface area (Å²) in [6, 6.07) is 13.5. The molecule has 0 aliphatic carbocycles. The second-order valence-electron chi connectivity index (χ2n) is 10.9. The van der Waals surface area contributed by atoms with E-state index in [9.17, 15) is 13.2 Å². The quantitative estimate of drug-likeness (QED) is 0.137. The average molecular weight is 638 g/mol. The van der Waals surface area contributed by atoms with Crippen LogP contribution in [0.1, 0.15) is 101 Å². The number of para-hydroxylation sites is 2. The van der Waals surface area contributed by atoms with Crippen LogP contribution in [0.3, 0.4) is 0 Å². The first-order valence-electron chi connectivity index (χ1n) is 13.3. The Morgan fingerprint density at radius 1 is 0.854 bits per heavy atom. The lowest BCUT2D eigenvalue weighted by molar-refractivity contribution is -0.420. The minimum atomic E-state index is -6.09. The minimum absolute atomic E-state index is 0.194. The summed E-state index contributed by atoms with van der Waals surface area (Å²) >= 11 is 9.53. The molecule has 2 aromatic carbocycles. The molecular formula is C30H41Cl2F3N2O3S. The molecule has 41 heavy (non-hydrogen) atoms. The van der Waals surface area contributed by atoms with Crippen molar-refractivity contribution in [3.63, 3.8) is 0 Å². The number of rotatable bonds is 6. The molecule has 0 amide bonds. The van der Waals surface area contributed by atoms with E-state index in [0.29, 0.717) is 23.7 Å². The Bertz CT molecular complexity index is 1270. The molecule has 11 heteroatoms. The summed E-state index contributed by atoms with van der Waals surface area (Å²) in [6.45, 7) is 23.6. The van der Waals surface area contributed by atoms with Crippen LogP contribution in [0.15, 0.2) is 48.7 Å². The van der Waals surface area contributed by atoms with Gasteiger partial charge in [-0.1, -0.05) is 98.4 Å². The fraction of sp³-hybridized carbons (Fsp3) is 0.500. The fourth-order valence-electron chi connectivity index (χ4n) is 4.52. The van der Waals surface area contributed by atoms with Gasteiger partial charge in [0, 0.05) is 22.3 Å². The van der Waals surface area contributed by atoms with Gasteiger partial charge in [-0.05, 0) is 23.7 Å². The van der Waals surface area contributed by atoms with Crippen LogP contribution in [0.25, 0.3) is 0 Å². The lowest BCUT2D eigenvalue weighted by Gasteiger charge is -2.21. The van der Waals surface area contributed by atoms with E-state index >= 15 is 0 Å². The van der Waals surface area contributed by atoms with E-state index in [1.807, 2.05) is 0 Å². The first-order valence-corrected chi connectivity index (χ1v) is 15.8. The van der Waals surface area contributed by atoms with Gasteiger partial charge in [0.05, 0.1) is 5.34 Å². The normalized spacial score (nSPS) is 13.9. The lowest BCUT2D eigenvalue weighted by Crippen LogP contribution is -2.21. The average Bonchev–Trinajstić information content (AvgIpc) is 3.23. The Labute approximate surface area is 253 Å². The second-order valence-corrected chi connectivity index (χ2v) is 13.0. The van der Waals surface area contributed by atoms with E-state index in [0.717, 1.165) is 12.2 Å². The van der Waals surface area contributed by atoms with Crippen LogP contribution in [0.5, 0.6) is 0 Å². The number of anilines is 1. The van der Waals surface area contributed by atoms with Crippen LogP contribution >= 0.6 is 23.2 Å². The van der Waals surface area contributed by atoms with Gasteiger partial charge in [0.15, 0.2) is 16.7 Å². The Kier molecular flexibility index (Phi) is 13.9. The van der Waals surface area contributed by atoms with E-state index in [2.05, 4.69) is 114 Å². The molecule has 2 aromatic rings. The van der Waals surface area contributed by atoms with Gasteiger partial charge in [-0.3, -0.25) is 0 Å². The number of nitrogens with zero attached hydrogens (tertiary/aromatic N) is 2. The molecule has 0 saturated carbocycles. The van der Waals surface area contributed by atoms with Gasteiger partial charge in [0.1, 0.15) is 17.1 Å². The van der Waals surface area contributed by atoms with E-state index in [-0.39, 0.29) is 5.34 Å². The zero-order valence-corrected chi connectivity index (χ0v) is 27.2. The summed E-state index contributed by atoms with van der Waals surface area (Å²) in [5, 5.41) is 0.194. The maximum atomic E-state index is 10.7. The summed E-state index contributed by atoms with van der Waals surface area (Å²) in [5.74, 6) is 1.87. The van der Waals surface area contributed by atoms with E-state index in [1.54, 1.807) is 0 Å². The zero-order valence-electron chi connectivity index (χ0n) is 24.9. The van der Waals surface area contributed by atoms with E-state index < -0.39 is 15.6 Å². The largest absolute Gasteiger partial charge is 0.741 e. The molecule has 1 heterocycles. The third-order valence-corrected chi connectivity index (χ3v) is 7.01. The van der Waals surface area contributed by atoms with Crippen LogP contribution in [0, 0.1) is 0 Å². The van der Waals surface area contributed by atoms with E-state index in [1.165, 1.54) is 33.6 Å². The van der Waals surface area contributed by atoms with Crippen molar-refractivity contribution in [1.82, 2.24) is 0 Å². The molecule has 0 unspecified atom stereocenters. The molecule has 0 N–H and O–H groups in total. The second kappa shape index (κ2) is 15.4. The predicted molar refractivity (Wildman–Crippen MR) is 164 cm³/mol. The highest BCUT2D eigenvalue weighted by molar-refractivity contribution is 7.86. The standard InChI is InChI=1S/C28H39N2.CH2Cl2.CHF3O3S/c1-18(2)23-12-10-13-24(19(3)4)27(23)29-16-22(9)30(17-29)28-25(20(5)6)14-11-15-26(28)21(7)8;2-1-3;2-1(3,4)8(5,6)7/h10-15,17-21H,9,16H2,1-8H3;1H2;(H,5,6,7)/q+1;;/p-1. The first kappa shape index (κ1) is 37.0. The summed E-state index contributed by atoms with van der Waals surface area (Å²) in [5.41, 5.74) is 3.78. The monoisotopic (exact) mass is 636 g/mol. The lowest BCUT2D eigenvalue weighted by atomic mass is 9.92. The Morgan fingerprint density at radius 2 is 1.17 bits per heavy atom. The maximum Gasteiger partial charge on any atom is 0.485 e. The van der Waals surface area contributed by atoms with Gasteiger partial charge < -0.3 is 4.55 Å². The molecule has 230 valence electrons. The van der Waals surface area contributed by atoms with Crippen molar-refractivity contribution in [2.45, 2.75) is 84.6 Å². The van der Waals surface area contributed by atoms with Crippen molar-refractivity contribution in [3.05, 3.63) is 70.9 Å². The molecular weight excluding hydrogens is 596 g/mol. The molecule has 0 atom stereocenters. The van der Waals surface area contributed by atoms with Crippen molar-refractivity contribution >= 4 is 51.0 Å². The molecule has 1 aliphatic rings. The zero-order chi connectivity index (χ0) is 31.9. The van der Waals surface area contributed by atoms with Crippen LogP contribution < -0.4 is 4.90 Å². The SMILES string of the molecule is C=C1C[N+](c2c(C(C)C)cccc2C(C)C)=CN1c1c(C(C)C)cccc1C(C)C.ClCCl.O=S(=O)([O-])C(F)(F)F. The highest BCUT2D eigenvalue weighted by atomic mass is 35.5. The highest BCUT2D eigenvalue weighted by Gasteiger charge is 2.37. The molecule has 0 radical (unpaired) electrons. The number of hydrogen-bond acceptors (Lipinski definition) is 4. The number of hydrogen-bond donors (Lipinski definition) is 0. The summed E-state index contributed by atoms with van der Waals surface area (Å²) in [7, 11) is -6.09. The molecule has 1 aliphatic heterocycles. The molecule has 0 spiro atoms. The summed E-state index contributed by atoms with van der Waals surface area (Å²) < 4.78 is 61.3. The third-order valence-electron chi connectivity index (χ3n) is 6.44. The van der Waals surface area contributed by atoms with Crippen LogP contribution in [-0.4, -0.2) is 41.3 Å². The smallest absolute Gasteiger partial charge is 0.485 e. The highest BCUT2D eigenvalue weighted by Crippen LogP contribution is 2.40. The van der Waals surface area contributed by atoms with Crippen molar-refractivity contribution in [3.8, 4) is 0 Å². The van der Waals surface area contributed by atoms with Gasteiger partial charge in [-0.15, -0.1) is 23.2 Å². The van der Waals surface area contributed by atoms with Crippen LogP contribution in [-0.2, 0) is 10.1 Å². The predicted octanol–water partition coefficient (Wildman–Crippen LogP) is 9.36. The Morgan fingerprint density at radius 3 is 1.46 bits per heavy atom. The Hall–Kier alpha value is -2.07.